The van der Waals surface area contributed by atoms with E-state index in [1.807, 2.05) is 0 Å². The molecule has 1 heterocycles. The van der Waals surface area contributed by atoms with E-state index in [1.165, 1.54) is 36.5 Å². The van der Waals surface area contributed by atoms with Crippen molar-refractivity contribution >= 4 is 15.8 Å². The minimum Gasteiger partial charge on any atom is -0.373 e. The number of pyridine rings is 1. The predicted octanol–water partition coefficient (Wildman–Crippen LogP) is 1.74. The Bertz CT molecular complexity index is 704. The van der Waals surface area contributed by atoms with Crippen molar-refractivity contribution in [1.29, 1.82) is 0 Å². The number of hydrogen-bond donors (Lipinski definition) is 2. The van der Waals surface area contributed by atoms with Gasteiger partial charge in [-0.05, 0) is 23.8 Å². The van der Waals surface area contributed by atoms with Crippen LogP contribution in [0.15, 0.2) is 47.5 Å². The van der Waals surface area contributed by atoms with Gasteiger partial charge < -0.3 is 5.32 Å². The van der Waals surface area contributed by atoms with Gasteiger partial charge in [0, 0.05) is 25.9 Å². The van der Waals surface area contributed by atoms with Crippen LogP contribution < -0.4 is 10.0 Å². The molecule has 0 saturated heterocycles. The summed E-state index contributed by atoms with van der Waals surface area (Å²) < 4.78 is 39.6. The number of nitrogens with zero attached hydrogens (tertiary/aromatic N) is 1. The molecule has 7 heteroatoms. The van der Waals surface area contributed by atoms with Gasteiger partial charge >= 0.3 is 0 Å². The molecular formula is C13H14FN3O2S. The van der Waals surface area contributed by atoms with Crippen molar-refractivity contribution in [1.82, 2.24) is 9.71 Å². The molecule has 0 amide bonds. The van der Waals surface area contributed by atoms with Crippen LogP contribution in [0.4, 0.5) is 10.2 Å². The number of halogens is 1. The normalized spacial score (nSPS) is 11.3. The Morgan fingerprint density at radius 1 is 1.25 bits per heavy atom. The first-order valence-electron chi connectivity index (χ1n) is 5.89. The highest BCUT2D eigenvalue weighted by Crippen LogP contribution is 2.13. The fourth-order valence-electron chi connectivity index (χ4n) is 1.62. The molecule has 1 aromatic carbocycles. The Hall–Kier alpha value is -1.99. The van der Waals surface area contributed by atoms with Crippen molar-refractivity contribution in [2.24, 2.45) is 0 Å². The van der Waals surface area contributed by atoms with Crippen molar-refractivity contribution < 1.29 is 12.8 Å². The Morgan fingerprint density at radius 2 is 2.05 bits per heavy atom. The van der Waals surface area contributed by atoms with Crippen LogP contribution in [0.25, 0.3) is 0 Å². The van der Waals surface area contributed by atoms with E-state index in [2.05, 4.69) is 15.0 Å². The minimum atomic E-state index is -3.66. The summed E-state index contributed by atoms with van der Waals surface area (Å²) >= 11 is 0. The van der Waals surface area contributed by atoms with Crippen molar-refractivity contribution in [2.45, 2.75) is 11.4 Å². The van der Waals surface area contributed by atoms with E-state index in [-0.39, 0.29) is 11.4 Å². The number of anilines is 1. The predicted molar refractivity (Wildman–Crippen MR) is 74.2 cm³/mol. The van der Waals surface area contributed by atoms with Crippen LogP contribution in [0.5, 0.6) is 0 Å². The summed E-state index contributed by atoms with van der Waals surface area (Å²) in [4.78, 5) is 4.05. The fraction of sp³-hybridized carbons (Fsp3) is 0.154. The molecule has 0 aliphatic heterocycles. The SMILES string of the molecule is CNc1cc(S(=O)(=O)NCc2cccc(F)c2)ccn1. The van der Waals surface area contributed by atoms with E-state index in [1.54, 1.807) is 13.1 Å². The van der Waals surface area contributed by atoms with E-state index in [0.29, 0.717) is 11.4 Å². The van der Waals surface area contributed by atoms with E-state index < -0.39 is 15.8 Å². The van der Waals surface area contributed by atoms with Gasteiger partial charge in [-0.15, -0.1) is 0 Å². The molecule has 0 radical (unpaired) electrons. The maximum absolute atomic E-state index is 13.0. The zero-order valence-corrected chi connectivity index (χ0v) is 11.6. The topological polar surface area (TPSA) is 71.1 Å². The molecule has 5 nitrogen and oxygen atoms in total. The molecule has 20 heavy (non-hydrogen) atoms. The van der Waals surface area contributed by atoms with E-state index in [4.69, 9.17) is 0 Å². The first-order valence-corrected chi connectivity index (χ1v) is 7.37. The number of benzene rings is 1. The summed E-state index contributed by atoms with van der Waals surface area (Å²) in [6, 6.07) is 8.60. The second kappa shape index (κ2) is 5.98. The summed E-state index contributed by atoms with van der Waals surface area (Å²) in [5.74, 6) is 0.0571. The highest BCUT2D eigenvalue weighted by molar-refractivity contribution is 7.89. The van der Waals surface area contributed by atoms with Crippen LogP contribution in [-0.4, -0.2) is 20.4 Å². The second-order valence-corrected chi connectivity index (χ2v) is 5.85. The van der Waals surface area contributed by atoms with E-state index >= 15 is 0 Å². The molecule has 0 bridgehead atoms. The van der Waals surface area contributed by atoms with Crippen molar-refractivity contribution in [3.05, 3.63) is 54.0 Å². The molecule has 0 spiro atoms. The summed E-state index contributed by atoms with van der Waals surface area (Å²) in [6.45, 7) is 0.0251. The molecule has 0 saturated carbocycles. The van der Waals surface area contributed by atoms with Gasteiger partial charge in [-0.2, -0.15) is 0 Å². The zero-order valence-electron chi connectivity index (χ0n) is 10.8. The molecule has 0 fully saturated rings. The van der Waals surface area contributed by atoms with Crippen molar-refractivity contribution in [2.75, 3.05) is 12.4 Å². The van der Waals surface area contributed by atoms with Crippen LogP contribution in [0.2, 0.25) is 0 Å². The zero-order chi connectivity index (χ0) is 14.6. The third-order valence-electron chi connectivity index (χ3n) is 2.65. The molecule has 0 aliphatic rings. The largest absolute Gasteiger partial charge is 0.373 e. The summed E-state index contributed by atoms with van der Waals surface area (Å²) in [5, 5.41) is 2.77. The van der Waals surface area contributed by atoms with Crippen molar-refractivity contribution in [3.8, 4) is 0 Å². The molecule has 0 atom stereocenters. The lowest BCUT2D eigenvalue weighted by molar-refractivity contribution is 0.580. The molecular weight excluding hydrogens is 281 g/mol. The van der Waals surface area contributed by atoms with Crippen molar-refractivity contribution in [3.63, 3.8) is 0 Å². The van der Waals surface area contributed by atoms with Gasteiger partial charge in [0.2, 0.25) is 10.0 Å². The lowest BCUT2D eigenvalue weighted by Gasteiger charge is -2.08. The standard InChI is InChI=1S/C13H14FN3O2S/c1-15-13-8-12(5-6-16-13)20(18,19)17-9-10-3-2-4-11(14)7-10/h2-8,17H,9H2,1H3,(H,15,16). The minimum absolute atomic E-state index is 0.0251. The number of aromatic nitrogens is 1. The third-order valence-corrected chi connectivity index (χ3v) is 4.05. The van der Waals surface area contributed by atoms with Crippen LogP contribution >= 0.6 is 0 Å². The number of nitrogens with one attached hydrogen (secondary N) is 2. The Kier molecular flexibility index (Phi) is 4.31. The van der Waals surface area contributed by atoms with Gasteiger partial charge in [0.25, 0.3) is 0 Å². The van der Waals surface area contributed by atoms with Gasteiger partial charge in [0.05, 0.1) is 4.90 Å². The third kappa shape index (κ3) is 3.52. The molecule has 0 aliphatic carbocycles. The van der Waals surface area contributed by atoms with Crippen LogP contribution in [-0.2, 0) is 16.6 Å². The van der Waals surface area contributed by atoms with Gasteiger partial charge in [-0.3, -0.25) is 0 Å². The quantitative estimate of drug-likeness (QED) is 0.881. The first kappa shape index (κ1) is 14.4. The highest BCUT2D eigenvalue weighted by atomic mass is 32.2. The van der Waals surface area contributed by atoms with Gasteiger partial charge in [-0.1, -0.05) is 12.1 Å². The summed E-state index contributed by atoms with van der Waals surface area (Å²) in [6.07, 6.45) is 1.41. The highest BCUT2D eigenvalue weighted by Gasteiger charge is 2.14. The maximum atomic E-state index is 13.0. The van der Waals surface area contributed by atoms with Gasteiger partial charge in [0.15, 0.2) is 0 Å². The average molecular weight is 295 g/mol. The summed E-state index contributed by atoms with van der Waals surface area (Å²) in [7, 11) is -2.00. The van der Waals surface area contributed by atoms with Gasteiger partial charge in [0.1, 0.15) is 11.6 Å². The van der Waals surface area contributed by atoms with Crippen LogP contribution in [0.3, 0.4) is 0 Å². The summed E-state index contributed by atoms with van der Waals surface area (Å²) in [5.41, 5.74) is 0.552. The Morgan fingerprint density at radius 3 is 2.75 bits per heavy atom. The molecule has 2 N–H and O–H groups in total. The second-order valence-electron chi connectivity index (χ2n) is 4.08. The van der Waals surface area contributed by atoms with E-state index in [9.17, 15) is 12.8 Å². The number of hydrogen-bond acceptors (Lipinski definition) is 4. The molecule has 106 valence electrons. The molecule has 1 aromatic heterocycles. The monoisotopic (exact) mass is 295 g/mol. The molecule has 2 rings (SSSR count). The number of sulfonamides is 1. The average Bonchev–Trinajstić information content (AvgIpc) is 2.45. The smallest absolute Gasteiger partial charge is 0.241 e. The number of rotatable bonds is 5. The molecule has 0 unspecified atom stereocenters. The van der Waals surface area contributed by atoms with E-state index in [0.717, 1.165) is 0 Å². The fourth-order valence-corrected chi connectivity index (χ4v) is 2.65. The molecule has 2 aromatic rings. The lowest BCUT2D eigenvalue weighted by Crippen LogP contribution is -2.23. The van der Waals surface area contributed by atoms with Crippen LogP contribution in [0.1, 0.15) is 5.56 Å². The van der Waals surface area contributed by atoms with Gasteiger partial charge in [-0.25, -0.2) is 22.5 Å². The maximum Gasteiger partial charge on any atom is 0.241 e. The van der Waals surface area contributed by atoms with Crippen LogP contribution in [0, 0.1) is 5.82 Å². The Labute approximate surface area is 116 Å². The Balaban J connectivity index is 2.15. The lowest BCUT2D eigenvalue weighted by atomic mass is 10.2. The first-order chi connectivity index (χ1) is 9.51.